The Labute approximate surface area is 310 Å². The van der Waals surface area contributed by atoms with Gasteiger partial charge in [-0.2, -0.15) is 0 Å². The molecule has 0 bridgehead atoms. The van der Waals surface area contributed by atoms with Crippen LogP contribution in [0.25, 0.3) is 28.2 Å². The second-order valence-corrected chi connectivity index (χ2v) is 12.1. The molecule has 2 N–H and O–H groups in total. The first-order valence-electron chi connectivity index (χ1n) is 15.6. The van der Waals surface area contributed by atoms with Crippen LogP contribution in [0.2, 0.25) is 0 Å². The quantitative estimate of drug-likeness (QED) is 0.195. The minimum Gasteiger partial charge on any atom is -0.490 e. The maximum Gasteiger partial charge on any atom is 0.439 e. The molecule has 10 heteroatoms. The Morgan fingerprint density at radius 1 is 1.00 bits per heavy atom. The molecule has 1 aliphatic rings. The van der Waals surface area contributed by atoms with E-state index in [1.807, 2.05) is 86.6 Å². The van der Waals surface area contributed by atoms with Gasteiger partial charge in [-0.25, -0.2) is 9.78 Å². The van der Waals surface area contributed by atoms with Crippen LogP contribution in [0.4, 0.5) is 0 Å². The molecule has 0 saturated heterocycles. The molecule has 0 aliphatic heterocycles. The molecule has 0 amide bonds. The van der Waals surface area contributed by atoms with Crippen molar-refractivity contribution in [2.45, 2.75) is 77.4 Å². The van der Waals surface area contributed by atoms with E-state index in [1.54, 1.807) is 4.57 Å². The summed E-state index contributed by atoms with van der Waals surface area (Å²) in [5.41, 5.74) is 5.19. The van der Waals surface area contributed by atoms with Crippen LogP contribution in [-0.4, -0.2) is 87.9 Å². The molecule has 3 aromatic carbocycles. The predicted molar refractivity (Wildman–Crippen MR) is 179 cm³/mol. The first-order chi connectivity index (χ1) is 21.7. The van der Waals surface area contributed by atoms with Crippen molar-refractivity contribution in [3.05, 3.63) is 116 Å². The molecule has 0 unspecified atom stereocenters. The van der Waals surface area contributed by atoms with Gasteiger partial charge >= 0.3 is 5.76 Å². The van der Waals surface area contributed by atoms with Gasteiger partial charge in [0, 0.05) is 68.9 Å². The van der Waals surface area contributed by atoms with Crippen LogP contribution in [0.5, 0.6) is 5.75 Å². The van der Waals surface area contributed by atoms with E-state index in [0.29, 0.717) is 30.1 Å². The second-order valence-electron chi connectivity index (χ2n) is 12.1. The van der Waals surface area contributed by atoms with Gasteiger partial charge in [-0.15, -0.1) is 0 Å². The fraction of sp³-hybridized carbons (Fsp3) is 0.333. The minimum atomic E-state index is -0.606. The van der Waals surface area contributed by atoms with E-state index in [1.165, 1.54) is 0 Å². The number of nitrogens with zero attached hydrogens (tertiary/aromatic N) is 3. The molecule has 9 nitrogen and oxygen atoms in total. The first kappa shape index (κ1) is 34.2. The van der Waals surface area contributed by atoms with Crippen LogP contribution in [0.3, 0.4) is 0 Å². The van der Waals surface area contributed by atoms with Gasteiger partial charge in [0.15, 0.2) is 5.82 Å². The zero-order valence-corrected chi connectivity index (χ0v) is 30.0. The summed E-state index contributed by atoms with van der Waals surface area (Å²) in [5, 5.41) is 14.1. The van der Waals surface area contributed by atoms with Crippen LogP contribution < -0.4 is 16.1 Å². The summed E-state index contributed by atoms with van der Waals surface area (Å²) in [4.78, 5) is 33.1. The fourth-order valence-corrected chi connectivity index (χ4v) is 6.13. The molecule has 1 radical (unpaired) electrons. The molecule has 1 fully saturated rings. The van der Waals surface area contributed by atoms with Gasteiger partial charge in [0.1, 0.15) is 11.6 Å². The van der Waals surface area contributed by atoms with Gasteiger partial charge in [-0.3, -0.25) is 18.9 Å². The molecule has 233 valence electrons. The molecule has 0 spiro atoms. The standard InChI is InChI=1S/C36H38N4O5.K/c1-4-7-32-31(22-24-10-12-25(13-11-24)29-8-5-6-9-30(29)33-38-35(42)45-39-33)34(41)40(23(2)37-32)26-14-16-27(17-15-26)44-28-18-20-36(3,43)21-19-28;/h5-6,8-17,28,43H,4,7,18-22H2,1-3H3,(H,38,39,42);. The maximum absolute atomic E-state index is 14.1. The van der Waals surface area contributed by atoms with Gasteiger partial charge in [0.05, 0.1) is 23.1 Å². The topological polar surface area (TPSA) is 123 Å². The second kappa shape index (κ2) is 14.7. The molecule has 46 heavy (non-hydrogen) atoms. The Hall–Kier alpha value is -3.12. The molecule has 2 heterocycles. The van der Waals surface area contributed by atoms with E-state index >= 15 is 0 Å². The van der Waals surface area contributed by atoms with Crippen LogP contribution in [0, 0.1) is 6.92 Å². The van der Waals surface area contributed by atoms with Crippen molar-refractivity contribution in [3.63, 3.8) is 0 Å². The molecular weight excluding hydrogens is 608 g/mol. The Morgan fingerprint density at radius 2 is 1.67 bits per heavy atom. The summed E-state index contributed by atoms with van der Waals surface area (Å²) >= 11 is 0. The van der Waals surface area contributed by atoms with Gasteiger partial charge in [0.2, 0.25) is 0 Å². The van der Waals surface area contributed by atoms with Crippen LogP contribution in [0.1, 0.15) is 68.6 Å². The predicted octanol–water partition coefficient (Wildman–Crippen LogP) is 5.79. The summed E-state index contributed by atoms with van der Waals surface area (Å²) in [6.07, 6.45) is 5.21. The van der Waals surface area contributed by atoms with Crippen molar-refractivity contribution in [1.82, 2.24) is 19.7 Å². The molecule has 1 saturated carbocycles. The van der Waals surface area contributed by atoms with Gasteiger partial charge in [-0.05, 0) is 86.9 Å². The van der Waals surface area contributed by atoms with E-state index in [9.17, 15) is 14.7 Å². The number of hydrogen-bond acceptors (Lipinski definition) is 7. The normalized spacial score (nSPS) is 17.8. The molecule has 2 aromatic heterocycles. The van der Waals surface area contributed by atoms with Crippen LogP contribution in [0.15, 0.2) is 86.9 Å². The monoisotopic (exact) mass is 645 g/mol. The van der Waals surface area contributed by atoms with Crippen molar-refractivity contribution in [3.8, 4) is 34.0 Å². The van der Waals surface area contributed by atoms with Crippen molar-refractivity contribution in [2.24, 2.45) is 0 Å². The van der Waals surface area contributed by atoms with Crippen molar-refractivity contribution < 1.29 is 14.4 Å². The van der Waals surface area contributed by atoms with E-state index < -0.39 is 11.4 Å². The third-order valence-corrected chi connectivity index (χ3v) is 8.59. The summed E-state index contributed by atoms with van der Waals surface area (Å²) in [6.45, 7) is 5.84. The molecule has 5 aromatic rings. The average Bonchev–Trinajstić information content (AvgIpc) is 3.47. The third-order valence-electron chi connectivity index (χ3n) is 8.59. The van der Waals surface area contributed by atoms with Crippen molar-refractivity contribution >= 4 is 51.4 Å². The zero-order valence-electron chi connectivity index (χ0n) is 26.9. The van der Waals surface area contributed by atoms with E-state index in [4.69, 9.17) is 14.2 Å². The van der Waals surface area contributed by atoms with Gasteiger partial charge in [-0.1, -0.05) is 67.0 Å². The summed E-state index contributed by atoms with van der Waals surface area (Å²) < 4.78 is 12.6. The number of aryl methyl sites for hydroxylation is 2. The number of nitrogens with one attached hydrogen (secondary N) is 1. The number of ether oxygens (including phenoxy) is 1. The SMILES string of the molecule is CCCc1nc(C)n(-c2ccc(OC3CCC(C)(O)CC3)cc2)c(=O)c1Cc1ccc(-c2ccccc2-c2noc(=O)[nH]2)cc1.[K]. The number of aromatic amines is 1. The summed E-state index contributed by atoms with van der Waals surface area (Å²) in [5.74, 6) is 1.17. The summed E-state index contributed by atoms with van der Waals surface area (Å²) in [7, 11) is 0. The molecule has 6 rings (SSSR count). The zero-order chi connectivity index (χ0) is 31.6. The minimum absolute atomic E-state index is 0. The van der Waals surface area contributed by atoms with Gasteiger partial charge < -0.3 is 9.84 Å². The number of aromatic nitrogens is 4. The third kappa shape index (κ3) is 7.70. The van der Waals surface area contributed by atoms with Crippen LogP contribution >= 0.6 is 0 Å². The Bertz CT molecular complexity index is 1900. The first-order valence-corrected chi connectivity index (χ1v) is 15.6. The van der Waals surface area contributed by atoms with Crippen molar-refractivity contribution in [1.29, 1.82) is 0 Å². The summed E-state index contributed by atoms with van der Waals surface area (Å²) in [6, 6.07) is 23.3. The Kier molecular flexibility index (Phi) is 11.0. The molecular formula is C36H38KN4O5. The maximum atomic E-state index is 14.1. The Morgan fingerprint density at radius 3 is 2.30 bits per heavy atom. The largest absolute Gasteiger partial charge is 0.490 e. The van der Waals surface area contributed by atoms with Crippen molar-refractivity contribution in [2.75, 3.05) is 0 Å². The van der Waals surface area contributed by atoms with Gasteiger partial charge in [0.25, 0.3) is 5.56 Å². The van der Waals surface area contributed by atoms with Crippen LogP contribution in [-0.2, 0) is 12.8 Å². The number of rotatable bonds is 9. The number of H-pyrrole nitrogens is 1. The van der Waals surface area contributed by atoms with E-state index in [0.717, 1.165) is 71.5 Å². The number of hydrogen-bond donors (Lipinski definition) is 2. The Balaban J connectivity index is 0.00000417. The van der Waals surface area contributed by atoms with E-state index in [2.05, 4.69) is 17.1 Å². The van der Waals surface area contributed by atoms with E-state index in [-0.39, 0.29) is 63.0 Å². The average molecular weight is 646 g/mol. The fourth-order valence-electron chi connectivity index (χ4n) is 6.13. The number of benzene rings is 3. The molecule has 1 aliphatic carbocycles. The number of aliphatic hydroxyl groups is 1. The molecule has 0 atom stereocenters. The smallest absolute Gasteiger partial charge is 0.439 e.